The first-order valence-corrected chi connectivity index (χ1v) is 6.06. The average molecular weight is 222 g/mol. The predicted molar refractivity (Wildman–Crippen MR) is 59.0 cm³/mol. The molecule has 2 aliphatic rings. The van der Waals surface area contributed by atoms with Crippen LogP contribution in [0.25, 0.3) is 0 Å². The van der Waals surface area contributed by atoms with Crippen LogP contribution < -0.4 is 5.32 Å². The molecule has 5 heteroatoms. The summed E-state index contributed by atoms with van der Waals surface area (Å²) in [5, 5.41) is 7.39. The molecular weight excluding hydrogens is 204 g/mol. The molecule has 2 heterocycles. The maximum Gasteiger partial charge on any atom is 0.240 e. The van der Waals surface area contributed by atoms with Crippen molar-refractivity contribution in [2.75, 3.05) is 20.1 Å². The van der Waals surface area contributed by atoms with Crippen LogP contribution in [0.5, 0.6) is 0 Å². The zero-order valence-electron chi connectivity index (χ0n) is 9.65. The number of aromatic nitrogens is 2. The molecule has 88 valence electrons. The van der Waals surface area contributed by atoms with Gasteiger partial charge in [-0.1, -0.05) is 5.16 Å². The summed E-state index contributed by atoms with van der Waals surface area (Å²) in [7, 11) is 2.12. The first kappa shape index (κ1) is 10.2. The molecule has 16 heavy (non-hydrogen) atoms. The summed E-state index contributed by atoms with van der Waals surface area (Å²) in [5.41, 5.74) is 0. The first-order chi connectivity index (χ1) is 7.83. The fourth-order valence-electron chi connectivity index (χ4n) is 2.20. The van der Waals surface area contributed by atoms with E-state index in [4.69, 9.17) is 4.52 Å². The van der Waals surface area contributed by atoms with Crippen molar-refractivity contribution in [3.63, 3.8) is 0 Å². The SMILES string of the molecule is CN(Cc1nc(C2CC2)no1)C1CCNC1. The van der Waals surface area contributed by atoms with Crippen molar-refractivity contribution in [3.8, 4) is 0 Å². The Bertz CT molecular complexity index is 355. The maximum absolute atomic E-state index is 5.27. The van der Waals surface area contributed by atoms with Crippen molar-refractivity contribution >= 4 is 0 Å². The van der Waals surface area contributed by atoms with Gasteiger partial charge < -0.3 is 9.84 Å². The van der Waals surface area contributed by atoms with Gasteiger partial charge in [-0.25, -0.2) is 0 Å². The van der Waals surface area contributed by atoms with Crippen LogP contribution in [0, 0.1) is 0 Å². The average Bonchev–Trinajstić information content (AvgIpc) is 2.82. The van der Waals surface area contributed by atoms with Crippen molar-refractivity contribution in [2.45, 2.75) is 37.8 Å². The molecule has 0 amide bonds. The summed E-state index contributed by atoms with van der Waals surface area (Å²) in [4.78, 5) is 6.74. The van der Waals surface area contributed by atoms with Crippen LogP contribution in [0.1, 0.15) is 36.9 Å². The molecule has 0 aromatic carbocycles. The van der Waals surface area contributed by atoms with Crippen LogP contribution >= 0.6 is 0 Å². The summed E-state index contributed by atoms with van der Waals surface area (Å²) in [6.45, 7) is 2.96. The molecule has 2 fully saturated rings. The van der Waals surface area contributed by atoms with E-state index in [9.17, 15) is 0 Å². The minimum atomic E-state index is 0.580. The van der Waals surface area contributed by atoms with E-state index in [0.717, 1.165) is 31.3 Å². The minimum absolute atomic E-state index is 0.580. The Balaban J connectivity index is 1.59. The van der Waals surface area contributed by atoms with Gasteiger partial charge in [0.05, 0.1) is 6.54 Å². The molecule has 1 aliphatic carbocycles. The lowest BCUT2D eigenvalue weighted by molar-refractivity contribution is 0.214. The number of rotatable bonds is 4. The Hall–Kier alpha value is -0.940. The molecule has 1 aromatic rings. The lowest BCUT2D eigenvalue weighted by atomic mass is 10.2. The number of hydrogen-bond donors (Lipinski definition) is 1. The summed E-state index contributed by atoms with van der Waals surface area (Å²) >= 11 is 0. The fourth-order valence-corrected chi connectivity index (χ4v) is 2.20. The van der Waals surface area contributed by atoms with Gasteiger partial charge in [0.15, 0.2) is 5.82 Å². The third-order valence-electron chi connectivity index (χ3n) is 3.47. The van der Waals surface area contributed by atoms with E-state index < -0.39 is 0 Å². The third kappa shape index (κ3) is 2.10. The fraction of sp³-hybridized carbons (Fsp3) is 0.818. The summed E-state index contributed by atoms with van der Waals surface area (Å²) in [6, 6.07) is 0.608. The quantitative estimate of drug-likeness (QED) is 0.814. The van der Waals surface area contributed by atoms with Gasteiger partial charge in [0.25, 0.3) is 0 Å². The van der Waals surface area contributed by atoms with Gasteiger partial charge in [0.2, 0.25) is 5.89 Å². The van der Waals surface area contributed by atoms with E-state index >= 15 is 0 Å². The number of hydrogen-bond acceptors (Lipinski definition) is 5. The molecule has 1 aliphatic heterocycles. The van der Waals surface area contributed by atoms with Crippen molar-refractivity contribution < 1.29 is 4.52 Å². The van der Waals surface area contributed by atoms with Gasteiger partial charge in [-0.2, -0.15) is 4.98 Å². The van der Waals surface area contributed by atoms with E-state index in [1.165, 1.54) is 19.3 Å². The van der Waals surface area contributed by atoms with Gasteiger partial charge in [-0.15, -0.1) is 0 Å². The van der Waals surface area contributed by atoms with Gasteiger partial charge in [-0.05, 0) is 32.9 Å². The molecule has 0 spiro atoms. The Morgan fingerprint density at radius 1 is 1.44 bits per heavy atom. The van der Waals surface area contributed by atoms with Crippen LogP contribution in [0.15, 0.2) is 4.52 Å². The Labute approximate surface area is 95.2 Å². The van der Waals surface area contributed by atoms with E-state index in [-0.39, 0.29) is 0 Å². The Kier molecular flexibility index (Phi) is 2.65. The second-order valence-electron chi connectivity index (χ2n) is 4.88. The first-order valence-electron chi connectivity index (χ1n) is 6.06. The zero-order valence-corrected chi connectivity index (χ0v) is 9.65. The van der Waals surface area contributed by atoms with E-state index in [0.29, 0.717) is 12.0 Å². The van der Waals surface area contributed by atoms with Gasteiger partial charge in [0.1, 0.15) is 0 Å². The highest BCUT2D eigenvalue weighted by Gasteiger charge is 2.29. The minimum Gasteiger partial charge on any atom is -0.338 e. The van der Waals surface area contributed by atoms with Crippen LogP contribution in [0.2, 0.25) is 0 Å². The summed E-state index contributed by atoms with van der Waals surface area (Å²) in [6.07, 6.45) is 3.66. The van der Waals surface area contributed by atoms with Crippen molar-refractivity contribution in [3.05, 3.63) is 11.7 Å². The van der Waals surface area contributed by atoms with Crippen LogP contribution in [-0.4, -0.2) is 41.2 Å². The monoisotopic (exact) mass is 222 g/mol. The maximum atomic E-state index is 5.27. The van der Waals surface area contributed by atoms with E-state index in [1.807, 2.05) is 0 Å². The lowest BCUT2D eigenvalue weighted by Gasteiger charge is -2.21. The number of nitrogens with one attached hydrogen (secondary N) is 1. The van der Waals surface area contributed by atoms with Crippen LogP contribution in [-0.2, 0) is 6.54 Å². The van der Waals surface area contributed by atoms with E-state index in [1.54, 1.807) is 0 Å². The Morgan fingerprint density at radius 2 is 2.31 bits per heavy atom. The van der Waals surface area contributed by atoms with Crippen molar-refractivity contribution in [1.29, 1.82) is 0 Å². The molecule has 0 bridgehead atoms. The van der Waals surface area contributed by atoms with Crippen LogP contribution in [0.4, 0.5) is 0 Å². The molecule has 5 nitrogen and oxygen atoms in total. The summed E-state index contributed by atoms with van der Waals surface area (Å²) in [5.74, 6) is 2.25. The number of nitrogens with zero attached hydrogens (tertiary/aromatic N) is 3. The van der Waals surface area contributed by atoms with Crippen molar-refractivity contribution in [2.24, 2.45) is 0 Å². The molecule has 1 aromatic heterocycles. The van der Waals surface area contributed by atoms with Gasteiger partial charge >= 0.3 is 0 Å². The highest BCUT2D eigenvalue weighted by molar-refractivity contribution is 5.03. The third-order valence-corrected chi connectivity index (χ3v) is 3.47. The second-order valence-corrected chi connectivity index (χ2v) is 4.88. The number of likely N-dealkylation sites (N-methyl/N-ethyl adjacent to an activating group) is 1. The molecule has 1 unspecified atom stereocenters. The zero-order chi connectivity index (χ0) is 11.0. The van der Waals surface area contributed by atoms with Gasteiger partial charge in [-0.3, -0.25) is 4.90 Å². The predicted octanol–water partition coefficient (Wildman–Crippen LogP) is 0.741. The standard InChI is InChI=1S/C11H18N4O/c1-15(9-4-5-12-6-9)7-10-13-11(14-16-10)8-2-3-8/h8-9,12H,2-7H2,1H3. The smallest absolute Gasteiger partial charge is 0.240 e. The highest BCUT2D eigenvalue weighted by atomic mass is 16.5. The molecular formula is C11H18N4O. The normalized spacial score (nSPS) is 25.5. The largest absolute Gasteiger partial charge is 0.338 e. The lowest BCUT2D eigenvalue weighted by Crippen LogP contribution is -2.32. The molecule has 1 saturated carbocycles. The summed E-state index contributed by atoms with van der Waals surface area (Å²) < 4.78 is 5.27. The van der Waals surface area contributed by atoms with Gasteiger partial charge in [0, 0.05) is 18.5 Å². The van der Waals surface area contributed by atoms with Crippen LogP contribution in [0.3, 0.4) is 0 Å². The molecule has 0 radical (unpaired) electrons. The van der Waals surface area contributed by atoms with E-state index in [2.05, 4.69) is 27.4 Å². The topological polar surface area (TPSA) is 54.2 Å². The molecule has 1 saturated heterocycles. The molecule has 3 rings (SSSR count). The molecule has 1 atom stereocenters. The van der Waals surface area contributed by atoms with Crippen molar-refractivity contribution in [1.82, 2.24) is 20.4 Å². The second kappa shape index (κ2) is 4.14. The highest BCUT2D eigenvalue weighted by Crippen LogP contribution is 2.38. The molecule has 1 N–H and O–H groups in total. The Morgan fingerprint density at radius 3 is 3.00 bits per heavy atom.